The second kappa shape index (κ2) is 4.66. The van der Waals surface area contributed by atoms with Gasteiger partial charge in [-0.25, -0.2) is 0 Å². The van der Waals surface area contributed by atoms with Crippen LogP contribution in [0.25, 0.3) is 0 Å². The molecule has 2 aliphatic rings. The summed E-state index contributed by atoms with van der Waals surface area (Å²) in [7, 11) is 0. The molecule has 1 aliphatic carbocycles. The van der Waals surface area contributed by atoms with Crippen molar-refractivity contribution >= 4 is 0 Å². The van der Waals surface area contributed by atoms with Crippen molar-refractivity contribution in [2.24, 2.45) is 16.6 Å². The summed E-state index contributed by atoms with van der Waals surface area (Å²) in [4.78, 5) is 2.68. The first kappa shape index (κ1) is 12.4. The monoisotopic (exact) mass is 224 g/mol. The van der Waals surface area contributed by atoms with Crippen LogP contribution in [-0.2, 0) is 0 Å². The van der Waals surface area contributed by atoms with E-state index in [0.717, 1.165) is 6.54 Å². The van der Waals surface area contributed by atoms with Crippen LogP contribution in [0.15, 0.2) is 0 Å². The van der Waals surface area contributed by atoms with E-state index in [1.807, 2.05) is 0 Å². The minimum atomic E-state index is 0.466. The Bertz CT molecular complexity index is 229. The van der Waals surface area contributed by atoms with Gasteiger partial charge in [0.15, 0.2) is 0 Å². The molecule has 2 N–H and O–H groups in total. The van der Waals surface area contributed by atoms with Gasteiger partial charge < -0.3 is 10.6 Å². The molecule has 0 atom stereocenters. The van der Waals surface area contributed by atoms with E-state index in [1.54, 1.807) is 0 Å². The van der Waals surface area contributed by atoms with E-state index in [4.69, 9.17) is 5.73 Å². The average molecular weight is 224 g/mol. The summed E-state index contributed by atoms with van der Waals surface area (Å²) in [6.45, 7) is 9.53. The van der Waals surface area contributed by atoms with Gasteiger partial charge in [-0.05, 0) is 49.6 Å². The molecule has 2 rings (SSSR count). The lowest BCUT2D eigenvalue weighted by Crippen LogP contribution is -2.47. The van der Waals surface area contributed by atoms with E-state index in [2.05, 4.69) is 18.7 Å². The predicted octanol–water partition coefficient (Wildman–Crippen LogP) is 2.63. The molecule has 2 heteroatoms. The lowest BCUT2D eigenvalue weighted by Gasteiger charge is -2.42. The molecule has 1 saturated carbocycles. The first-order chi connectivity index (χ1) is 7.55. The number of rotatable bonds is 3. The number of piperidine rings is 1. The molecule has 0 aromatic carbocycles. The van der Waals surface area contributed by atoms with Gasteiger partial charge in [0.05, 0.1) is 0 Å². The number of hydrogen-bond acceptors (Lipinski definition) is 2. The zero-order valence-electron chi connectivity index (χ0n) is 11.1. The Morgan fingerprint density at radius 1 is 1.06 bits per heavy atom. The van der Waals surface area contributed by atoms with Gasteiger partial charge in [0.1, 0.15) is 0 Å². The van der Waals surface area contributed by atoms with Gasteiger partial charge in [0, 0.05) is 13.1 Å². The molecule has 0 aromatic rings. The van der Waals surface area contributed by atoms with Crippen LogP contribution in [-0.4, -0.2) is 31.1 Å². The van der Waals surface area contributed by atoms with Crippen LogP contribution >= 0.6 is 0 Å². The van der Waals surface area contributed by atoms with Gasteiger partial charge in [-0.2, -0.15) is 0 Å². The van der Waals surface area contributed by atoms with Crippen molar-refractivity contribution in [2.75, 3.05) is 26.2 Å². The van der Waals surface area contributed by atoms with Crippen LogP contribution in [0.4, 0.5) is 0 Å². The van der Waals surface area contributed by atoms with Crippen LogP contribution < -0.4 is 5.73 Å². The van der Waals surface area contributed by atoms with Gasteiger partial charge in [-0.15, -0.1) is 0 Å². The van der Waals surface area contributed by atoms with Gasteiger partial charge in [0.2, 0.25) is 0 Å². The molecule has 1 saturated heterocycles. The van der Waals surface area contributed by atoms with Crippen molar-refractivity contribution in [3.63, 3.8) is 0 Å². The first-order valence-electron chi connectivity index (χ1n) is 6.98. The van der Waals surface area contributed by atoms with Gasteiger partial charge in [-0.1, -0.05) is 26.7 Å². The molecule has 0 radical (unpaired) electrons. The van der Waals surface area contributed by atoms with E-state index < -0.39 is 0 Å². The second-order valence-corrected chi connectivity index (χ2v) is 6.89. The molecule has 1 aliphatic heterocycles. The maximum absolute atomic E-state index is 6.03. The first-order valence-corrected chi connectivity index (χ1v) is 6.98. The third kappa shape index (κ3) is 2.78. The normalized spacial score (nSPS) is 29.4. The van der Waals surface area contributed by atoms with Crippen molar-refractivity contribution in [1.29, 1.82) is 0 Å². The molecule has 0 bridgehead atoms. The highest BCUT2D eigenvalue weighted by Crippen LogP contribution is 2.39. The van der Waals surface area contributed by atoms with Crippen LogP contribution in [0.3, 0.4) is 0 Å². The fourth-order valence-electron chi connectivity index (χ4n) is 3.71. The summed E-state index contributed by atoms with van der Waals surface area (Å²) in [6.07, 6.45) is 8.27. The summed E-state index contributed by atoms with van der Waals surface area (Å²) in [5.41, 5.74) is 7.01. The van der Waals surface area contributed by atoms with Crippen molar-refractivity contribution < 1.29 is 0 Å². The Labute approximate surface area is 101 Å². The summed E-state index contributed by atoms with van der Waals surface area (Å²) < 4.78 is 0. The highest BCUT2D eigenvalue weighted by molar-refractivity contribution is 4.90. The molecule has 16 heavy (non-hydrogen) atoms. The number of likely N-dealkylation sites (tertiary alicyclic amines) is 1. The van der Waals surface area contributed by atoms with Crippen molar-refractivity contribution in [3.8, 4) is 0 Å². The lowest BCUT2D eigenvalue weighted by molar-refractivity contribution is 0.0732. The van der Waals surface area contributed by atoms with Crippen molar-refractivity contribution in [3.05, 3.63) is 0 Å². The van der Waals surface area contributed by atoms with E-state index in [0.29, 0.717) is 10.8 Å². The molecular weight excluding hydrogens is 196 g/mol. The highest BCUT2D eigenvalue weighted by Gasteiger charge is 2.36. The Kier molecular flexibility index (Phi) is 3.60. The largest absolute Gasteiger partial charge is 0.330 e. The van der Waals surface area contributed by atoms with E-state index in [1.165, 1.54) is 58.2 Å². The van der Waals surface area contributed by atoms with E-state index in [-0.39, 0.29) is 0 Å². The van der Waals surface area contributed by atoms with Gasteiger partial charge in [0.25, 0.3) is 0 Å². The maximum atomic E-state index is 6.03. The Hall–Kier alpha value is -0.0800. The molecule has 0 spiro atoms. The molecular formula is C14H28N2. The topological polar surface area (TPSA) is 29.3 Å². The zero-order valence-corrected chi connectivity index (χ0v) is 11.1. The number of hydrogen-bond donors (Lipinski definition) is 1. The Morgan fingerprint density at radius 3 is 2.31 bits per heavy atom. The highest BCUT2D eigenvalue weighted by atomic mass is 15.1. The molecule has 0 unspecified atom stereocenters. The Balaban J connectivity index is 1.93. The predicted molar refractivity (Wildman–Crippen MR) is 69.4 cm³/mol. The summed E-state index contributed by atoms with van der Waals surface area (Å²) >= 11 is 0. The quantitative estimate of drug-likeness (QED) is 0.798. The summed E-state index contributed by atoms with van der Waals surface area (Å²) in [5.74, 6) is 0. The molecule has 1 heterocycles. The van der Waals surface area contributed by atoms with Crippen LogP contribution in [0.2, 0.25) is 0 Å². The van der Waals surface area contributed by atoms with Crippen molar-refractivity contribution in [1.82, 2.24) is 4.90 Å². The minimum absolute atomic E-state index is 0.466. The molecule has 2 fully saturated rings. The van der Waals surface area contributed by atoms with E-state index >= 15 is 0 Å². The smallest absolute Gasteiger partial charge is 0.00503 e. The van der Waals surface area contributed by atoms with Crippen LogP contribution in [0, 0.1) is 10.8 Å². The van der Waals surface area contributed by atoms with Crippen LogP contribution in [0.5, 0.6) is 0 Å². The third-order valence-corrected chi connectivity index (χ3v) is 4.64. The number of nitrogens with zero attached hydrogens (tertiary/aromatic N) is 1. The SMILES string of the molecule is CC1(C)CCCN(CC2(CN)CCCC2)C1. The fraction of sp³-hybridized carbons (Fsp3) is 1.00. The minimum Gasteiger partial charge on any atom is -0.330 e. The lowest BCUT2D eigenvalue weighted by atomic mass is 9.81. The van der Waals surface area contributed by atoms with Crippen LogP contribution in [0.1, 0.15) is 52.4 Å². The standard InChI is InChI=1S/C14H28N2/c1-13(2)6-5-9-16(11-13)12-14(10-15)7-3-4-8-14/h3-12,15H2,1-2H3. The van der Waals surface area contributed by atoms with Gasteiger partial charge >= 0.3 is 0 Å². The third-order valence-electron chi connectivity index (χ3n) is 4.64. The van der Waals surface area contributed by atoms with Gasteiger partial charge in [-0.3, -0.25) is 0 Å². The van der Waals surface area contributed by atoms with E-state index in [9.17, 15) is 0 Å². The molecule has 94 valence electrons. The Morgan fingerprint density at radius 2 is 1.75 bits per heavy atom. The molecule has 2 nitrogen and oxygen atoms in total. The summed E-state index contributed by atoms with van der Waals surface area (Å²) in [6, 6.07) is 0. The van der Waals surface area contributed by atoms with Crippen molar-refractivity contribution in [2.45, 2.75) is 52.4 Å². The zero-order chi connectivity index (χ0) is 11.6. The second-order valence-electron chi connectivity index (χ2n) is 6.89. The molecule has 0 aromatic heterocycles. The maximum Gasteiger partial charge on any atom is 0.00503 e. The molecule has 0 amide bonds. The number of nitrogens with two attached hydrogens (primary N) is 1. The summed E-state index contributed by atoms with van der Waals surface area (Å²) in [5, 5.41) is 0. The average Bonchev–Trinajstić information content (AvgIpc) is 2.65. The fourth-order valence-corrected chi connectivity index (χ4v) is 3.71.